The van der Waals surface area contributed by atoms with Crippen LogP contribution in [-0.2, 0) is 14.4 Å². The minimum atomic E-state index is -4.49. The van der Waals surface area contributed by atoms with Gasteiger partial charge in [0.05, 0.1) is 23.7 Å². The van der Waals surface area contributed by atoms with Crippen molar-refractivity contribution in [3.05, 3.63) is 35.4 Å². The third kappa shape index (κ3) is 3.51. The highest BCUT2D eigenvalue weighted by Gasteiger charge is 2.44. The lowest BCUT2D eigenvalue weighted by molar-refractivity contribution is -0.247. The van der Waals surface area contributed by atoms with E-state index < -0.39 is 42.6 Å². The Morgan fingerprint density at radius 1 is 1.16 bits per heavy atom. The third-order valence-electron chi connectivity index (χ3n) is 4.06. The van der Waals surface area contributed by atoms with Crippen LogP contribution in [0.25, 0.3) is 0 Å². The van der Waals surface area contributed by atoms with Gasteiger partial charge in [0.1, 0.15) is 0 Å². The van der Waals surface area contributed by atoms with Crippen molar-refractivity contribution in [3.8, 4) is 0 Å². The largest absolute Gasteiger partial charge is 0.414 e. The van der Waals surface area contributed by atoms with Crippen LogP contribution in [0.2, 0.25) is 0 Å². The van der Waals surface area contributed by atoms with Gasteiger partial charge in [0, 0.05) is 0 Å². The van der Waals surface area contributed by atoms with E-state index in [0.717, 1.165) is 0 Å². The number of alkyl halides is 3. The van der Waals surface area contributed by atoms with Gasteiger partial charge >= 0.3 is 12.1 Å². The van der Waals surface area contributed by atoms with Crippen molar-refractivity contribution in [1.29, 1.82) is 0 Å². The molecular formula is C16H14F3NO5. The summed E-state index contributed by atoms with van der Waals surface area (Å²) < 4.78 is 43.0. The van der Waals surface area contributed by atoms with Gasteiger partial charge in [-0.25, -0.2) is 4.79 Å². The lowest BCUT2D eigenvalue weighted by atomic mass is 10.0. The quantitative estimate of drug-likeness (QED) is 0.778. The van der Waals surface area contributed by atoms with E-state index in [4.69, 9.17) is 9.57 Å². The van der Waals surface area contributed by atoms with Gasteiger partial charge in [0.15, 0.2) is 6.10 Å². The zero-order chi connectivity index (χ0) is 18.2. The predicted molar refractivity (Wildman–Crippen MR) is 76.2 cm³/mol. The number of imide groups is 1. The van der Waals surface area contributed by atoms with Crippen LogP contribution in [0.5, 0.6) is 0 Å². The summed E-state index contributed by atoms with van der Waals surface area (Å²) in [6, 6.07) is 5.95. The van der Waals surface area contributed by atoms with E-state index in [0.29, 0.717) is 5.06 Å². The maximum atomic E-state index is 12.7. The number of carbonyl (C=O) groups excluding carboxylic acids is 3. The zero-order valence-electron chi connectivity index (χ0n) is 12.9. The molecule has 2 aliphatic heterocycles. The molecule has 2 unspecified atom stereocenters. The summed E-state index contributed by atoms with van der Waals surface area (Å²) in [5, 5.41) is 0.330. The van der Waals surface area contributed by atoms with Gasteiger partial charge in [0.2, 0.25) is 0 Å². The Hall–Kier alpha value is -2.42. The minimum absolute atomic E-state index is 0.103. The van der Waals surface area contributed by atoms with Crippen molar-refractivity contribution in [1.82, 2.24) is 5.06 Å². The number of hydroxylamine groups is 2. The number of hydrogen-bond acceptors (Lipinski definition) is 5. The second kappa shape index (κ2) is 6.47. The molecule has 0 bridgehead atoms. The molecule has 9 heteroatoms. The molecule has 134 valence electrons. The van der Waals surface area contributed by atoms with Crippen LogP contribution in [0.3, 0.4) is 0 Å². The molecule has 1 aromatic carbocycles. The molecule has 2 aliphatic rings. The van der Waals surface area contributed by atoms with E-state index in [2.05, 4.69) is 0 Å². The van der Waals surface area contributed by atoms with Crippen LogP contribution < -0.4 is 0 Å². The lowest BCUT2D eigenvalue weighted by Gasteiger charge is -2.30. The maximum Gasteiger partial charge on any atom is 0.414 e. The summed E-state index contributed by atoms with van der Waals surface area (Å²) in [6.07, 6.45) is -7.49. The highest BCUT2D eigenvalue weighted by molar-refractivity contribution is 6.20. The van der Waals surface area contributed by atoms with Crippen molar-refractivity contribution in [2.75, 3.05) is 0 Å². The van der Waals surface area contributed by atoms with Gasteiger partial charge in [-0.3, -0.25) is 9.59 Å². The molecule has 3 rings (SSSR count). The number of hydrogen-bond donors (Lipinski definition) is 0. The zero-order valence-corrected chi connectivity index (χ0v) is 12.9. The molecule has 0 saturated carbocycles. The summed E-state index contributed by atoms with van der Waals surface area (Å²) in [6.45, 7) is 0. The molecule has 0 aromatic heterocycles. The fourth-order valence-electron chi connectivity index (χ4n) is 2.87. The fraction of sp³-hybridized carbons (Fsp3) is 0.438. The number of amides is 2. The molecule has 6 nitrogen and oxygen atoms in total. The standard InChI is InChI=1S/C16H14F3NO5/c17-16(18,19)12-7-3-4-9(24-12)8-13(21)25-20-14(22)10-5-1-2-6-11(10)15(20)23/h1-2,5-6,9,12H,3-4,7-8H2. The molecule has 1 saturated heterocycles. The number of fused-ring (bicyclic) bond motifs is 1. The molecule has 0 radical (unpaired) electrons. The Balaban J connectivity index is 1.60. The SMILES string of the molecule is O=C(CC1CCCC(C(F)(F)F)O1)ON1C(=O)c2ccccc2C1=O. The molecule has 25 heavy (non-hydrogen) atoms. The summed E-state index contributed by atoms with van der Waals surface area (Å²) in [5.74, 6) is -2.57. The van der Waals surface area contributed by atoms with Gasteiger partial charge in [-0.2, -0.15) is 13.2 Å². The fourth-order valence-corrected chi connectivity index (χ4v) is 2.87. The first kappa shape index (κ1) is 17.4. The average Bonchev–Trinajstić information content (AvgIpc) is 2.80. The second-order valence-electron chi connectivity index (χ2n) is 5.84. The molecule has 0 N–H and O–H groups in total. The van der Waals surface area contributed by atoms with Crippen LogP contribution in [0, 0.1) is 0 Å². The molecule has 0 spiro atoms. The van der Waals surface area contributed by atoms with Gasteiger partial charge in [-0.05, 0) is 31.4 Å². The molecule has 2 heterocycles. The topological polar surface area (TPSA) is 72.9 Å². The molecule has 2 atom stereocenters. The van der Waals surface area contributed by atoms with Gasteiger partial charge in [0.25, 0.3) is 11.8 Å². The normalized spacial score (nSPS) is 23.6. The Labute approximate surface area is 140 Å². The van der Waals surface area contributed by atoms with Crippen molar-refractivity contribution in [2.24, 2.45) is 0 Å². The number of halogens is 3. The van der Waals surface area contributed by atoms with Crippen molar-refractivity contribution >= 4 is 17.8 Å². The van der Waals surface area contributed by atoms with Crippen molar-refractivity contribution in [3.63, 3.8) is 0 Å². The molecular weight excluding hydrogens is 343 g/mol. The summed E-state index contributed by atoms with van der Waals surface area (Å²) in [5.41, 5.74) is 0.206. The van der Waals surface area contributed by atoms with Gasteiger partial charge in [-0.1, -0.05) is 17.2 Å². The second-order valence-corrected chi connectivity index (χ2v) is 5.84. The smallest absolute Gasteiger partial charge is 0.365 e. The average molecular weight is 357 g/mol. The van der Waals surface area contributed by atoms with Crippen LogP contribution in [0.4, 0.5) is 13.2 Å². The van der Waals surface area contributed by atoms with E-state index in [-0.39, 0.29) is 30.4 Å². The first-order valence-electron chi connectivity index (χ1n) is 7.68. The Kier molecular flexibility index (Phi) is 4.51. The highest BCUT2D eigenvalue weighted by atomic mass is 19.4. The lowest BCUT2D eigenvalue weighted by Crippen LogP contribution is -2.40. The molecule has 1 fully saturated rings. The molecule has 0 aliphatic carbocycles. The summed E-state index contributed by atoms with van der Waals surface area (Å²) in [4.78, 5) is 40.8. The van der Waals surface area contributed by atoms with Crippen LogP contribution >= 0.6 is 0 Å². The summed E-state index contributed by atoms with van der Waals surface area (Å²) in [7, 11) is 0. The van der Waals surface area contributed by atoms with Crippen LogP contribution in [0.1, 0.15) is 46.4 Å². The van der Waals surface area contributed by atoms with Crippen LogP contribution in [-0.4, -0.2) is 41.2 Å². The number of rotatable bonds is 3. The van der Waals surface area contributed by atoms with Crippen LogP contribution in [0.15, 0.2) is 24.3 Å². The van der Waals surface area contributed by atoms with Crippen molar-refractivity contribution in [2.45, 2.75) is 44.1 Å². The summed E-state index contributed by atoms with van der Waals surface area (Å²) >= 11 is 0. The Morgan fingerprint density at radius 2 is 1.76 bits per heavy atom. The molecule has 2 amide bonds. The van der Waals surface area contributed by atoms with E-state index in [1.807, 2.05) is 0 Å². The van der Waals surface area contributed by atoms with E-state index in [1.54, 1.807) is 12.1 Å². The predicted octanol–water partition coefficient (Wildman–Crippen LogP) is 2.63. The number of nitrogens with zero attached hydrogens (tertiary/aromatic N) is 1. The third-order valence-corrected chi connectivity index (χ3v) is 4.06. The monoisotopic (exact) mass is 357 g/mol. The first-order valence-corrected chi connectivity index (χ1v) is 7.68. The van der Waals surface area contributed by atoms with E-state index in [9.17, 15) is 27.6 Å². The maximum absolute atomic E-state index is 12.7. The minimum Gasteiger partial charge on any atom is -0.365 e. The van der Waals surface area contributed by atoms with Gasteiger partial charge in [-0.15, -0.1) is 0 Å². The van der Waals surface area contributed by atoms with E-state index in [1.165, 1.54) is 12.1 Å². The van der Waals surface area contributed by atoms with Crippen molar-refractivity contribution < 1.29 is 37.1 Å². The number of benzene rings is 1. The number of carbonyl (C=O) groups is 3. The number of ether oxygens (including phenoxy) is 1. The van der Waals surface area contributed by atoms with Gasteiger partial charge < -0.3 is 9.57 Å². The highest BCUT2D eigenvalue weighted by Crippen LogP contribution is 2.33. The molecule has 1 aromatic rings. The first-order chi connectivity index (χ1) is 11.8. The Morgan fingerprint density at radius 3 is 2.32 bits per heavy atom. The van der Waals surface area contributed by atoms with E-state index >= 15 is 0 Å². The Bertz CT molecular complexity index is 683.